The van der Waals surface area contributed by atoms with Crippen LogP contribution in [0.25, 0.3) is 11.4 Å². The maximum atomic E-state index is 11.7. The van der Waals surface area contributed by atoms with Crippen LogP contribution in [0.2, 0.25) is 0 Å². The highest BCUT2D eigenvalue weighted by atomic mass is 16.5. The molecular formula is C22H28N2O2. The number of ether oxygens (including phenoxy) is 1. The molecule has 1 aliphatic rings. The quantitative estimate of drug-likeness (QED) is 0.511. The van der Waals surface area contributed by atoms with Gasteiger partial charge in [0, 0.05) is 23.9 Å². The van der Waals surface area contributed by atoms with Gasteiger partial charge in [0.25, 0.3) is 0 Å². The third-order valence-corrected chi connectivity index (χ3v) is 5.03. The number of nitrogens with zero attached hydrogens (tertiary/aromatic N) is 2. The minimum atomic E-state index is -0.175. The molecule has 26 heavy (non-hydrogen) atoms. The number of carbonyl (C=O) groups is 1. The van der Waals surface area contributed by atoms with Crippen LogP contribution in [0.1, 0.15) is 63.6 Å². The average Bonchev–Trinajstić information content (AvgIpc) is 2.67. The number of hydrogen-bond donors (Lipinski definition) is 0. The van der Waals surface area contributed by atoms with E-state index in [-0.39, 0.29) is 5.97 Å². The Morgan fingerprint density at radius 1 is 1.19 bits per heavy atom. The van der Waals surface area contributed by atoms with Gasteiger partial charge in [-0.3, -0.25) is 4.79 Å². The molecule has 0 N–H and O–H groups in total. The number of aryl methyl sites for hydroxylation is 1. The number of unbranched alkanes of at least 4 members (excludes halogenated alkanes) is 1. The molecule has 138 valence electrons. The Hall–Kier alpha value is -2.23. The number of fused-ring (bicyclic) bond motifs is 1. The average molecular weight is 352 g/mol. The molecule has 3 rings (SSSR count). The molecule has 4 nitrogen and oxygen atoms in total. The van der Waals surface area contributed by atoms with Crippen molar-refractivity contribution in [2.75, 3.05) is 0 Å². The highest BCUT2D eigenvalue weighted by Crippen LogP contribution is 2.28. The van der Waals surface area contributed by atoms with Gasteiger partial charge < -0.3 is 4.74 Å². The van der Waals surface area contributed by atoms with Crippen molar-refractivity contribution in [3.05, 3.63) is 41.7 Å². The fourth-order valence-corrected chi connectivity index (χ4v) is 3.55. The molecule has 4 heteroatoms. The van der Waals surface area contributed by atoms with E-state index >= 15 is 0 Å². The molecule has 0 bridgehead atoms. The molecule has 0 aliphatic heterocycles. The highest BCUT2D eigenvalue weighted by molar-refractivity contribution is 5.72. The smallest absolute Gasteiger partial charge is 0.311 e. The van der Waals surface area contributed by atoms with E-state index in [1.165, 1.54) is 30.5 Å². The summed E-state index contributed by atoms with van der Waals surface area (Å²) < 4.78 is 5.35. The van der Waals surface area contributed by atoms with Gasteiger partial charge in [-0.25, -0.2) is 9.97 Å². The maximum Gasteiger partial charge on any atom is 0.311 e. The van der Waals surface area contributed by atoms with Crippen LogP contribution in [0.4, 0.5) is 0 Å². The Labute approximate surface area is 156 Å². The van der Waals surface area contributed by atoms with E-state index in [9.17, 15) is 4.79 Å². The van der Waals surface area contributed by atoms with Crippen LogP contribution in [0, 0.1) is 5.92 Å². The lowest BCUT2D eigenvalue weighted by molar-refractivity contribution is -0.134. The van der Waals surface area contributed by atoms with E-state index in [0.29, 0.717) is 12.2 Å². The second-order valence-electron chi connectivity index (χ2n) is 7.17. The molecular weight excluding hydrogens is 324 g/mol. The van der Waals surface area contributed by atoms with Crippen LogP contribution in [0.5, 0.6) is 5.75 Å². The van der Waals surface area contributed by atoms with Crippen LogP contribution < -0.4 is 4.74 Å². The minimum Gasteiger partial charge on any atom is -0.427 e. The van der Waals surface area contributed by atoms with Gasteiger partial charge in [-0.2, -0.15) is 0 Å². The predicted octanol–water partition coefficient (Wildman–Crippen LogP) is 5.14. The number of aromatic nitrogens is 2. The first-order valence-corrected chi connectivity index (χ1v) is 9.85. The molecule has 0 radical (unpaired) electrons. The number of rotatable bonds is 7. The second-order valence-corrected chi connectivity index (χ2v) is 7.17. The molecule has 0 spiro atoms. The summed E-state index contributed by atoms with van der Waals surface area (Å²) in [5.74, 6) is 1.94. The Morgan fingerprint density at radius 3 is 2.73 bits per heavy atom. The van der Waals surface area contributed by atoms with E-state index in [1.807, 2.05) is 30.5 Å². The Morgan fingerprint density at radius 2 is 2.00 bits per heavy atom. The molecule has 0 saturated carbocycles. The molecule has 0 amide bonds. The zero-order valence-corrected chi connectivity index (χ0v) is 15.8. The minimum absolute atomic E-state index is 0.175. The first-order chi connectivity index (χ1) is 12.7. The zero-order valence-electron chi connectivity index (χ0n) is 15.8. The molecule has 1 heterocycles. The SMILES string of the molecule is CCCCC(=O)Oc1ccc(-c2ncc3c(n2)CCC(CCC)C3)cc1. The lowest BCUT2D eigenvalue weighted by atomic mass is 9.84. The van der Waals surface area contributed by atoms with Crippen molar-refractivity contribution in [2.24, 2.45) is 5.92 Å². The summed E-state index contributed by atoms with van der Waals surface area (Å²) in [5.41, 5.74) is 3.45. The summed E-state index contributed by atoms with van der Waals surface area (Å²) in [7, 11) is 0. The first-order valence-electron chi connectivity index (χ1n) is 9.85. The lowest BCUT2D eigenvalue weighted by Crippen LogP contribution is -2.16. The number of hydrogen-bond acceptors (Lipinski definition) is 4. The van der Waals surface area contributed by atoms with Gasteiger partial charge in [0.1, 0.15) is 5.75 Å². The van der Waals surface area contributed by atoms with Crippen molar-refractivity contribution < 1.29 is 9.53 Å². The fraction of sp³-hybridized carbons (Fsp3) is 0.500. The fourth-order valence-electron chi connectivity index (χ4n) is 3.55. The molecule has 1 atom stereocenters. The molecule has 0 saturated heterocycles. The highest BCUT2D eigenvalue weighted by Gasteiger charge is 2.20. The Kier molecular flexibility index (Phi) is 6.37. The monoisotopic (exact) mass is 352 g/mol. The second kappa shape index (κ2) is 8.93. The molecule has 1 aromatic heterocycles. The van der Waals surface area contributed by atoms with Crippen molar-refractivity contribution >= 4 is 5.97 Å². The normalized spacial score (nSPS) is 16.2. The molecule has 1 unspecified atom stereocenters. The van der Waals surface area contributed by atoms with Gasteiger partial charge in [0.05, 0.1) is 0 Å². The van der Waals surface area contributed by atoms with Crippen LogP contribution >= 0.6 is 0 Å². The Bertz CT molecular complexity index is 740. The lowest BCUT2D eigenvalue weighted by Gasteiger charge is -2.23. The van der Waals surface area contributed by atoms with Crippen molar-refractivity contribution in [1.29, 1.82) is 0 Å². The van der Waals surface area contributed by atoms with E-state index in [1.54, 1.807) is 0 Å². The van der Waals surface area contributed by atoms with Gasteiger partial charge >= 0.3 is 5.97 Å². The van der Waals surface area contributed by atoms with Gasteiger partial charge in [0.15, 0.2) is 5.82 Å². The largest absolute Gasteiger partial charge is 0.427 e. The van der Waals surface area contributed by atoms with Crippen LogP contribution in [0.15, 0.2) is 30.5 Å². The van der Waals surface area contributed by atoms with E-state index < -0.39 is 0 Å². The number of esters is 1. The van der Waals surface area contributed by atoms with Gasteiger partial charge in [0.2, 0.25) is 0 Å². The van der Waals surface area contributed by atoms with Crippen LogP contribution in [0.3, 0.4) is 0 Å². The number of benzene rings is 1. The summed E-state index contributed by atoms with van der Waals surface area (Å²) >= 11 is 0. The van der Waals surface area contributed by atoms with Crippen LogP contribution in [-0.4, -0.2) is 15.9 Å². The van der Waals surface area contributed by atoms with Gasteiger partial charge in [-0.1, -0.05) is 33.1 Å². The maximum absolute atomic E-state index is 11.7. The van der Waals surface area contributed by atoms with E-state index in [2.05, 4.69) is 18.8 Å². The summed E-state index contributed by atoms with van der Waals surface area (Å²) in [4.78, 5) is 21.1. The van der Waals surface area contributed by atoms with E-state index in [4.69, 9.17) is 9.72 Å². The standard InChI is InChI=1S/C22H28N2O2/c1-3-5-7-21(25)26-19-11-9-17(10-12-19)22-23-15-18-14-16(6-4-2)8-13-20(18)24-22/h9-12,15-16H,3-8,13-14H2,1-2H3. The molecule has 2 aromatic rings. The predicted molar refractivity (Wildman–Crippen MR) is 103 cm³/mol. The third kappa shape index (κ3) is 4.69. The molecule has 0 fully saturated rings. The summed E-state index contributed by atoms with van der Waals surface area (Å²) in [6.45, 7) is 4.31. The Balaban J connectivity index is 1.67. The van der Waals surface area contributed by atoms with Crippen molar-refractivity contribution in [3.8, 4) is 17.1 Å². The summed E-state index contributed by atoms with van der Waals surface area (Å²) in [5, 5.41) is 0. The first kappa shape index (κ1) is 18.6. The van der Waals surface area contributed by atoms with Crippen LogP contribution in [-0.2, 0) is 17.6 Å². The van der Waals surface area contributed by atoms with Gasteiger partial charge in [-0.05, 0) is 61.4 Å². The third-order valence-electron chi connectivity index (χ3n) is 5.03. The molecule has 1 aliphatic carbocycles. The van der Waals surface area contributed by atoms with Crippen molar-refractivity contribution in [2.45, 2.75) is 65.2 Å². The number of carbonyl (C=O) groups excluding carboxylic acids is 1. The van der Waals surface area contributed by atoms with Crippen molar-refractivity contribution in [3.63, 3.8) is 0 Å². The zero-order chi connectivity index (χ0) is 18.4. The summed E-state index contributed by atoms with van der Waals surface area (Å²) in [6, 6.07) is 7.48. The molecule has 1 aromatic carbocycles. The topological polar surface area (TPSA) is 52.1 Å². The van der Waals surface area contributed by atoms with Gasteiger partial charge in [-0.15, -0.1) is 0 Å². The summed E-state index contributed by atoms with van der Waals surface area (Å²) in [6.07, 6.45) is 10.2. The van der Waals surface area contributed by atoms with E-state index in [0.717, 1.165) is 43.0 Å². The van der Waals surface area contributed by atoms with Crippen molar-refractivity contribution in [1.82, 2.24) is 9.97 Å².